The van der Waals surface area contributed by atoms with Gasteiger partial charge in [-0.05, 0) is 24.8 Å². The van der Waals surface area contributed by atoms with Crippen LogP contribution in [0.3, 0.4) is 0 Å². The van der Waals surface area contributed by atoms with Crippen LogP contribution in [0.15, 0.2) is 30.9 Å². The van der Waals surface area contributed by atoms with E-state index in [2.05, 4.69) is 15.0 Å². The molecule has 2 aromatic rings. The van der Waals surface area contributed by atoms with Gasteiger partial charge >= 0.3 is 5.97 Å². The molecule has 0 saturated carbocycles. The van der Waals surface area contributed by atoms with Crippen molar-refractivity contribution in [1.82, 2.24) is 23.6 Å². The third kappa shape index (κ3) is 4.29. The normalized spacial score (nSPS) is 18.1. The lowest BCUT2D eigenvalue weighted by Gasteiger charge is -2.20. The molecular formula is C17H21N5O4S. The van der Waals surface area contributed by atoms with E-state index >= 15 is 0 Å². The molecule has 0 aliphatic carbocycles. The molecule has 1 unspecified atom stereocenters. The summed E-state index contributed by atoms with van der Waals surface area (Å²) in [6.45, 7) is 0.971. The van der Waals surface area contributed by atoms with Crippen LogP contribution in [-0.2, 0) is 16.6 Å². The summed E-state index contributed by atoms with van der Waals surface area (Å²) in [5.41, 5.74) is 1.98. The van der Waals surface area contributed by atoms with Gasteiger partial charge in [0, 0.05) is 51.3 Å². The molecule has 144 valence electrons. The van der Waals surface area contributed by atoms with Crippen LogP contribution in [0, 0.1) is 5.92 Å². The van der Waals surface area contributed by atoms with Gasteiger partial charge < -0.3 is 5.11 Å². The van der Waals surface area contributed by atoms with E-state index < -0.39 is 16.2 Å². The van der Waals surface area contributed by atoms with Crippen LogP contribution in [0.5, 0.6) is 0 Å². The van der Waals surface area contributed by atoms with Gasteiger partial charge in [0.15, 0.2) is 0 Å². The molecule has 0 amide bonds. The Balaban J connectivity index is 1.67. The highest BCUT2D eigenvalue weighted by Gasteiger charge is 2.32. The van der Waals surface area contributed by atoms with Crippen LogP contribution >= 0.6 is 0 Å². The summed E-state index contributed by atoms with van der Waals surface area (Å²) in [6.07, 6.45) is 7.46. The smallest absolute Gasteiger partial charge is 0.337 e. The number of nitrogens with zero attached hydrogens (tertiary/aromatic N) is 5. The van der Waals surface area contributed by atoms with Crippen molar-refractivity contribution in [3.63, 3.8) is 0 Å². The number of pyridine rings is 1. The fraction of sp³-hybridized carbons (Fsp3) is 0.412. The Morgan fingerprint density at radius 3 is 2.67 bits per heavy atom. The SMILES string of the molecule is CN(C)S(=O)(=O)N1CCC(Cc2cnc(-c3cncc(C(=O)O)c3)cn2)C1. The zero-order chi connectivity index (χ0) is 19.6. The minimum absolute atomic E-state index is 0.0894. The molecule has 0 radical (unpaired) electrons. The number of aromatic nitrogens is 3. The summed E-state index contributed by atoms with van der Waals surface area (Å²) in [7, 11) is -0.322. The predicted octanol–water partition coefficient (Wildman–Crippen LogP) is 0.908. The summed E-state index contributed by atoms with van der Waals surface area (Å²) >= 11 is 0. The first-order valence-electron chi connectivity index (χ1n) is 8.44. The Morgan fingerprint density at radius 2 is 2.04 bits per heavy atom. The number of carboxylic acid groups (broad SMARTS) is 1. The minimum atomic E-state index is -3.38. The van der Waals surface area contributed by atoms with E-state index in [4.69, 9.17) is 5.11 Å². The molecule has 1 N–H and O–H groups in total. The molecule has 1 atom stereocenters. The molecule has 1 saturated heterocycles. The number of carbonyl (C=O) groups is 1. The average Bonchev–Trinajstić information content (AvgIpc) is 3.11. The third-order valence-electron chi connectivity index (χ3n) is 4.52. The van der Waals surface area contributed by atoms with Crippen LogP contribution < -0.4 is 0 Å². The Morgan fingerprint density at radius 1 is 1.26 bits per heavy atom. The van der Waals surface area contributed by atoms with E-state index in [9.17, 15) is 13.2 Å². The van der Waals surface area contributed by atoms with Crippen molar-refractivity contribution in [2.45, 2.75) is 12.8 Å². The Kier molecular flexibility index (Phi) is 5.49. The Labute approximate surface area is 157 Å². The highest BCUT2D eigenvalue weighted by atomic mass is 32.2. The van der Waals surface area contributed by atoms with Crippen molar-refractivity contribution in [1.29, 1.82) is 0 Å². The van der Waals surface area contributed by atoms with Crippen molar-refractivity contribution in [3.8, 4) is 11.3 Å². The van der Waals surface area contributed by atoms with Crippen LogP contribution in [0.25, 0.3) is 11.3 Å². The number of carboxylic acids is 1. The van der Waals surface area contributed by atoms with E-state index in [0.717, 1.165) is 12.1 Å². The maximum atomic E-state index is 12.2. The second-order valence-corrected chi connectivity index (χ2v) is 8.81. The zero-order valence-corrected chi connectivity index (χ0v) is 15.9. The van der Waals surface area contributed by atoms with Crippen LogP contribution in [0.4, 0.5) is 0 Å². The van der Waals surface area contributed by atoms with Gasteiger partial charge in [-0.2, -0.15) is 17.0 Å². The monoisotopic (exact) mass is 391 g/mol. The number of hydrogen-bond acceptors (Lipinski definition) is 6. The third-order valence-corrected chi connectivity index (χ3v) is 6.43. The summed E-state index contributed by atoms with van der Waals surface area (Å²) in [5, 5.41) is 9.05. The largest absolute Gasteiger partial charge is 0.478 e. The van der Waals surface area contributed by atoms with E-state index in [-0.39, 0.29) is 11.5 Å². The fourth-order valence-electron chi connectivity index (χ4n) is 3.01. The van der Waals surface area contributed by atoms with Crippen molar-refractivity contribution in [2.24, 2.45) is 5.92 Å². The van der Waals surface area contributed by atoms with Gasteiger partial charge in [-0.15, -0.1) is 0 Å². The van der Waals surface area contributed by atoms with Gasteiger partial charge in [0.2, 0.25) is 0 Å². The molecule has 10 heteroatoms. The van der Waals surface area contributed by atoms with E-state index in [1.165, 1.54) is 41.2 Å². The molecule has 9 nitrogen and oxygen atoms in total. The van der Waals surface area contributed by atoms with Crippen LogP contribution in [-0.4, -0.2) is 70.2 Å². The van der Waals surface area contributed by atoms with Crippen LogP contribution in [0.2, 0.25) is 0 Å². The molecule has 3 rings (SSSR count). The van der Waals surface area contributed by atoms with Crippen molar-refractivity contribution in [3.05, 3.63) is 42.1 Å². The maximum absolute atomic E-state index is 12.2. The second-order valence-electron chi connectivity index (χ2n) is 6.67. The van der Waals surface area contributed by atoms with Gasteiger partial charge in [0.1, 0.15) is 0 Å². The molecule has 27 heavy (non-hydrogen) atoms. The summed E-state index contributed by atoms with van der Waals surface area (Å²) < 4.78 is 27.1. The topological polar surface area (TPSA) is 117 Å². The lowest BCUT2D eigenvalue weighted by atomic mass is 10.0. The summed E-state index contributed by atoms with van der Waals surface area (Å²) in [4.78, 5) is 23.7. The summed E-state index contributed by atoms with van der Waals surface area (Å²) in [5.74, 6) is -0.857. The lowest BCUT2D eigenvalue weighted by molar-refractivity contribution is 0.0696. The number of aromatic carboxylic acids is 1. The van der Waals surface area contributed by atoms with Crippen molar-refractivity contribution in [2.75, 3.05) is 27.2 Å². The second kappa shape index (κ2) is 7.67. The molecule has 3 heterocycles. The quantitative estimate of drug-likeness (QED) is 0.778. The lowest BCUT2D eigenvalue weighted by Crippen LogP contribution is -2.38. The first-order valence-corrected chi connectivity index (χ1v) is 9.84. The number of rotatable bonds is 6. The molecule has 2 aromatic heterocycles. The van der Waals surface area contributed by atoms with Crippen LogP contribution in [0.1, 0.15) is 22.5 Å². The van der Waals surface area contributed by atoms with Gasteiger partial charge in [0.05, 0.1) is 23.1 Å². The van der Waals surface area contributed by atoms with Gasteiger partial charge in [0.25, 0.3) is 10.2 Å². The van der Waals surface area contributed by atoms with Gasteiger partial charge in [-0.1, -0.05) is 0 Å². The maximum Gasteiger partial charge on any atom is 0.337 e. The van der Waals surface area contributed by atoms with Gasteiger partial charge in [-0.25, -0.2) is 4.79 Å². The molecule has 0 bridgehead atoms. The first kappa shape index (κ1) is 19.3. The number of hydrogen-bond donors (Lipinski definition) is 1. The summed E-state index contributed by atoms with van der Waals surface area (Å²) in [6, 6.07) is 1.50. The highest BCUT2D eigenvalue weighted by Crippen LogP contribution is 2.24. The molecule has 1 fully saturated rings. The Bertz CT molecular complexity index is 931. The molecule has 0 aromatic carbocycles. The predicted molar refractivity (Wildman–Crippen MR) is 98.2 cm³/mol. The molecule has 1 aliphatic rings. The highest BCUT2D eigenvalue weighted by molar-refractivity contribution is 7.86. The van der Waals surface area contributed by atoms with Crippen molar-refractivity contribution >= 4 is 16.2 Å². The van der Waals surface area contributed by atoms with Gasteiger partial charge in [-0.3, -0.25) is 15.0 Å². The fourth-order valence-corrected chi connectivity index (χ4v) is 4.20. The first-order chi connectivity index (χ1) is 12.8. The molecular weight excluding hydrogens is 370 g/mol. The molecule has 0 spiro atoms. The standard InChI is InChI=1S/C17H21N5O4S/c1-21(2)27(25,26)22-4-3-12(11-22)5-15-9-20-16(10-19-15)13-6-14(17(23)24)8-18-7-13/h6-10,12H,3-5,11H2,1-2H3,(H,23,24). The Hall–Kier alpha value is -2.43. The average molecular weight is 391 g/mol. The van der Waals surface area contributed by atoms with E-state index in [0.29, 0.717) is 30.8 Å². The van der Waals surface area contributed by atoms with Crippen molar-refractivity contribution < 1.29 is 18.3 Å². The zero-order valence-electron chi connectivity index (χ0n) is 15.1. The van der Waals surface area contributed by atoms with E-state index in [1.807, 2.05) is 0 Å². The molecule has 1 aliphatic heterocycles. The minimum Gasteiger partial charge on any atom is -0.478 e. The van der Waals surface area contributed by atoms with E-state index in [1.54, 1.807) is 12.4 Å².